The normalized spacial score (nSPS) is 14.4. The molecule has 0 radical (unpaired) electrons. The molecule has 3 nitrogen and oxygen atoms in total. The van der Waals surface area contributed by atoms with Gasteiger partial charge in [0.1, 0.15) is 0 Å². The fourth-order valence-electron chi connectivity index (χ4n) is 2.69. The first-order valence-corrected chi connectivity index (χ1v) is 7.26. The van der Waals surface area contributed by atoms with E-state index in [0.717, 1.165) is 45.1 Å². The lowest BCUT2D eigenvalue weighted by Gasteiger charge is -2.10. The number of rotatable bonds is 7. The van der Waals surface area contributed by atoms with Gasteiger partial charge in [-0.25, -0.2) is 0 Å². The molecular formula is C16H23NO2. The minimum Gasteiger partial charge on any atom is -0.396 e. The van der Waals surface area contributed by atoms with E-state index < -0.39 is 0 Å². The third-order valence-electron chi connectivity index (χ3n) is 3.81. The van der Waals surface area contributed by atoms with Crippen LogP contribution < -0.4 is 5.32 Å². The standard InChI is InChI=1S/C16H23NO2/c18-10-6-2-1-5-9-17-16(19)15-11-13-7-3-4-8-14(13)12-15/h3-4,7-8,15,18H,1-2,5-6,9-12H2,(H,17,19). The number of amides is 1. The predicted octanol–water partition coefficient (Wildman–Crippen LogP) is 2.07. The van der Waals surface area contributed by atoms with E-state index in [1.54, 1.807) is 0 Å². The molecule has 3 heteroatoms. The van der Waals surface area contributed by atoms with Gasteiger partial charge in [-0.05, 0) is 36.8 Å². The van der Waals surface area contributed by atoms with Crippen molar-refractivity contribution in [3.8, 4) is 0 Å². The molecule has 1 aliphatic rings. The Hall–Kier alpha value is -1.35. The topological polar surface area (TPSA) is 49.3 Å². The maximum atomic E-state index is 12.1. The van der Waals surface area contributed by atoms with Gasteiger partial charge in [-0.1, -0.05) is 37.1 Å². The highest BCUT2D eigenvalue weighted by Crippen LogP contribution is 2.26. The van der Waals surface area contributed by atoms with Crippen LogP contribution in [-0.4, -0.2) is 24.2 Å². The van der Waals surface area contributed by atoms with Crippen LogP contribution in [0.2, 0.25) is 0 Å². The lowest BCUT2D eigenvalue weighted by molar-refractivity contribution is -0.124. The number of aliphatic hydroxyl groups excluding tert-OH is 1. The molecule has 2 rings (SSSR count). The predicted molar refractivity (Wildman–Crippen MR) is 75.9 cm³/mol. The summed E-state index contributed by atoms with van der Waals surface area (Å²) in [5.74, 6) is 0.313. The number of nitrogens with one attached hydrogen (secondary N) is 1. The molecule has 1 aliphatic carbocycles. The number of carbonyl (C=O) groups excluding carboxylic acids is 1. The molecule has 0 unspecified atom stereocenters. The van der Waals surface area contributed by atoms with Gasteiger partial charge in [-0.15, -0.1) is 0 Å². The first-order chi connectivity index (χ1) is 9.31. The Labute approximate surface area is 115 Å². The average Bonchev–Trinajstić information content (AvgIpc) is 2.86. The minimum absolute atomic E-state index is 0.120. The Morgan fingerprint density at radius 2 is 1.74 bits per heavy atom. The van der Waals surface area contributed by atoms with Gasteiger partial charge in [0.25, 0.3) is 0 Å². The summed E-state index contributed by atoms with van der Waals surface area (Å²) in [6, 6.07) is 8.33. The molecule has 0 spiro atoms. The number of hydrogen-bond donors (Lipinski definition) is 2. The number of benzene rings is 1. The number of hydrogen-bond acceptors (Lipinski definition) is 2. The quantitative estimate of drug-likeness (QED) is 0.738. The highest BCUT2D eigenvalue weighted by atomic mass is 16.2. The first kappa shape index (κ1) is 14.1. The molecule has 0 atom stereocenters. The van der Waals surface area contributed by atoms with Crippen LogP contribution in [-0.2, 0) is 17.6 Å². The SMILES string of the molecule is O=C(NCCCCCCO)C1Cc2ccccc2C1. The van der Waals surface area contributed by atoms with Crippen molar-refractivity contribution in [2.45, 2.75) is 38.5 Å². The first-order valence-electron chi connectivity index (χ1n) is 7.26. The lowest BCUT2D eigenvalue weighted by atomic mass is 10.1. The van der Waals surface area contributed by atoms with Crippen LogP contribution in [0.3, 0.4) is 0 Å². The molecule has 0 saturated carbocycles. The summed E-state index contributed by atoms with van der Waals surface area (Å²) < 4.78 is 0. The fraction of sp³-hybridized carbons (Fsp3) is 0.562. The van der Waals surface area contributed by atoms with Crippen LogP contribution in [0.25, 0.3) is 0 Å². The van der Waals surface area contributed by atoms with Crippen molar-refractivity contribution in [2.75, 3.05) is 13.2 Å². The van der Waals surface area contributed by atoms with Crippen LogP contribution in [0.1, 0.15) is 36.8 Å². The number of unbranched alkanes of at least 4 members (excludes halogenated alkanes) is 3. The summed E-state index contributed by atoms with van der Waals surface area (Å²) in [6.45, 7) is 1.03. The molecule has 2 N–H and O–H groups in total. The van der Waals surface area contributed by atoms with Crippen molar-refractivity contribution in [3.63, 3.8) is 0 Å². The number of carbonyl (C=O) groups is 1. The van der Waals surface area contributed by atoms with Gasteiger partial charge in [0.05, 0.1) is 0 Å². The van der Waals surface area contributed by atoms with Gasteiger partial charge in [-0.2, -0.15) is 0 Å². The zero-order valence-electron chi connectivity index (χ0n) is 11.4. The second-order valence-electron chi connectivity index (χ2n) is 5.30. The minimum atomic E-state index is 0.120. The molecule has 104 valence electrons. The largest absolute Gasteiger partial charge is 0.396 e. The zero-order valence-corrected chi connectivity index (χ0v) is 11.4. The molecule has 1 amide bonds. The highest BCUT2D eigenvalue weighted by molar-refractivity contribution is 5.80. The average molecular weight is 261 g/mol. The van der Waals surface area contributed by atoms with Crippen molar-refractivity contribution in [1.82, 2.24) is 5.32 Å². The van der Waals surface area contributed by atoms with E-state index in [1.807, 2.05) is 12.1 Å². The molecule has 1 aromatic carbocycles. The maximum absolute atomic E-state index is 12.1. The van der Waals surface area contributed by atoms with Crippen molar-refractivity contribution >= 4 is 5.91 Å². The van der Waals surface area contributed by atoms with Gasteiger partial charge >= 0.3 is 0 Å². The monoisotopic (exact) mass is 261 g/mol. The summed E-state index contributed by atoms with van der Waals surface area (Å²) >= 11 is 0. The van der Waals surface area contributed by atoms with E-state index >= 15 is 0 Å². The molecule has 0 aliphatic heterocycles. The van der Waals surface area contributed by atoms with E-state index in [1.165, 1.54) is 11.1 Å². The third kappa shape index (κ3) is 4.06. The molecule has 0 saturated heterocycles. The smallest absolute Gasteiger partial charge is 0.223 e. The van der Waals surface area contributed by atoms with Crippen LogP contribution in [0.5, 0.6) is 0 Å². The Morgan fingerprint density at radius 1 is 1.11 bits per heavy atom. The Morgan fingerprint density at radius 3 is 2.37 bits per heavy atom. The van der Waals surface area contributed by atoms with E-state index in [0.29, 0.717) is 0 Å². The van der Waals surface area contributed by atoms with Gasteiger partial charge in [0.2, 0.25) is 5.91 Å². The van der Waals surface area contributed by atoms with Crippen molar-refractivity contribution < 1.29 is 9.90 Å². The summed E-state index contributed by atoms with van der Waals surface area (Å²) in [4.78, 5) is 12.1. The summed E-state index contributed by atoms with van der Waals surface area (Å²) in [7, 11) is 0. The van der Waals surface area contributed by atoms with E-state index in [-0.39, 0.29) is 18.4 Å². The highest BCUT2D eigenvalue weighted by Gasteiger charge is 2.26. The maximum Gasteiger partial charge on any atom is 0.223 e. The van der Waals surface area contributed by atoms with E-state index in [2.05, 4.69) is 17.4 Å². The molecule has 1 aromatic rings. The molecule has 0 fully saturated rings. The van der Waals surface area contributed by atoms with Crippen LogP contribution in [0.15, 0.2) is 24.3 Å². The van der Waals surface area contributed by atoms with Crippen LogP contribution >= 0.6 is 0 Å². The van der Waals surface area contributed by atoms with Gasteiger partial charge in [0, 0.05) is 19.1 Å². The van der Waals surface area contributed by atoms with Crippen LogP contribution in [0, 0.1) is 5.92 Å². The molecule has 0 heterocycles. The van der Waals surface area contributed by atoms with Gasteiger partial charge in [0.15, 0.2) is 0 Å². The van der Waals surface area contributed by atoms with Crippen molar-refractivity contribution in [2.24, 2.45) is 5.92 Å². The Bertz CT molecular complexity index is 392. The van der Waals surface area contributed by atoms with Crippen LogP contribution in [0.4, 0.5) is 0 Å². The van der Waals surface area contributed by atoms with Crippen molar-refractivity contribution in [3.05, 3.63) is 35.4 Å². The Kier molecular flexibility index (Phi) is 5.40. The summed E-state index contributed by atoms with van der Waals surface area (Å²) in [5.41, 5.74) is 2.65. The number of fused-ring (bicyclic) bond motifs is 1. The molecule has 0 aromatic heterocycles. The molecule has 19 heavy (non-hydrogen) atoms. The van der Waals surface area contributed by atoms with E-state index in [9.17, 15) is 4.79 Å². The molecular weight excluding hydrogens is 238 g/mol. The van der Waals surface area contributed by atoms with Gasteiger partial charge in [-0.3, -0.25) is 4.79 Å². The van der Waals surface area contributed by atoms with E-state index in [4.69, 9.17) is 5.11 Å². The fourth-order valence-corrected chi connectivity index (χ4v) is 2.69. The second kappa shape index (κ2) is 7.29. The second-order valence-corrected chi connectivity index (χ2v) is 5.30. The van der Waals surface area contributed by atoms with Crippen molar-refractivity contribution in [1.29, 1.82) is 0 Å². The summed E-state index contributed by atoms with van der Waals surface area (Å²) in [5, 5.41) is 11.7. The zero-order chi connectivity index (χ0) is 13.5. The third-order valence-corrected chi connectivity index (χ3v) is 3.81. The number of aliphatic hydroxyl groups is 1. The summed E-state index contributed by atoms with van der Waals surface area (Å²) in [6.07, 6.45) is 5.75. The Balaban J connectivity index is 1.66. The molecule has 0 bridgehead atoms. The lowest BCUT2D eigenvalue weighted by Crippen LogP contribution is -2.31. The van der Waals surface area contributed by atoms with Gasteiger partial charge < -0.3 is 10.4 Å².